The maximum atomic E-state index is 12.8. The van der Waals surface area contributed by atoms with E-state index in [1.165, 1.54) is 24.1 Å². The first-order chi connectivity index (χ1) is 21.5. The first kappa shape index (κ1) is 33.9. The molecule has 15 nitrogen and oxygen atoms in total. The number of anilines is 5. The molecule has 2 aromatic heterocycles. The van der Waals surface area contributed by atoms with Crippen molar-refractivity contribution < 1.29 is 24.3 Å². The predicted octanol–water partition coefficient (Wildman–Crippen LogP) is 5.24. The van der Waals surface area contributed by atoms with E-state index in [0.717, 1.165) is 0 Å². The number of hydrogen-bond acceptors (Lipinski definition) is 13. The van der Waals surface area contributed by atoms with Gasteiger partial charge >= 0.3 is 6.09 Å². The van der Waals surface area contributed by atoms with E-state index in [0.29, 0.717) is 46.7 Å². The fraction of sp³-hybridized carbons (Fsp3) is 0.419. The van der Waals surface area contributed by atoms with E-state index < -0.39 is 22.2 Å². The fourth-order valence-corrected chi connectivity index (χ4v) is 4.85. The van der Waals surface area contributed by atoms with Gasteiger partial charge in [0, 0.05) is 55.1 Å². The van der Waals surface area contributed by atoms with Gasteiger partial charge in [0.1, 0.15) is 23.4 Å². The number of nitrogens with one attached hydrogen (secondary N) is 2. The largest absolute Gasteiger partial charge is 0.494 e. The molecule has 0 radical (unpaired) electrons. The number of nitro benzene ring substituents is 1. The number of ether oxygens (including phenoxy) is 2. The number of aromatic nitrogens is 4. The van der Waals surface area contributed by atoms with Crippen LogP contribution in [0.1, 0.15) is 40.2 Å². The van der Waals surface area contributed by atoms with Crippen LogP contribution >= 0.6 is 0 Å². The van der Waals surface area contributed by atoms with Crippen molar-refractivity contribution in [3.05, 3.63) is 58.5 Å². The van der Waals surface area contributed by atoms with Crippen molar-refractivity contribution in [1.82, 2.24) is 24.4 Å². The zero-order chi connectivity index (χ0) is 34.0. The molecule has 46 heavy (non-hydrogen) atoms. The van der Waals surface area contributed by atoms with Crippen molar-refractivity contribution in [3.63, 3.8) is 0 Å². The van der Waals surface area contributed by atoms with Crippen LogP contribution in [-0.4, -0.2) is 87.5 Å². The molecule has 0 aliphatic rings. The summed E-state index contributed by atoms with van der Waals surface area (Å²) in [5, 5.41) is 30.0. The van der Waals surface area contributed by atoms with Crippen molar-refractivity contribution >= 4 is 51.6 Å². The number of nitrogens with zero attached hydrogens (tertiary/aromatic N) is 7. The first-order valence-corrected chi connectivity index (χ1v) is 14.5. The van der Waals surface area contributed by atoms with Gasteiger partial charge in [-0.15, -0.1) is 0 Å². The molecule has 0 saturated carbocycles. The Labute approximate surface area is 267 Å². The summed E-state index contributed by atoms with van der Waals surface area (Å²) in [4.78, 5) is 41.1. The minimum atomic E-state index is -1.33. The van der Waals surface area contributed by atoms with Gasteiger partial charge in [-0.05, 0) is 66.9 Å². The molecule has 3 N–H and O–H groups in total. The average Bonchev–Trinajstić information content (AvgIpc) is 3.38. The minimum absolute atomic E-state index is 0.0979. The van der Waals surface area contributed by atoms with Crippen LogP contribution in [0.25, 0.3) is 10.9 Å². The zero-order valence-corrected chi connectivity index (χ0v) is 27.6. The lowest BCUT2D eigenvalue weighted by Crippen LogP contribution is -2.29. The van der Waals surface area contributed by atoms with Crippen LogP contribution in [0.15, 0.2) is 42.9 Å². The number of carbonyl (C=O) groups is 1. The summed E-state index contributed by atoms with van der Waals surface area (Å²) in [7, 11) is 7.12. The Balaban J connectivity index is 1.67. The predicted molar refractivity (Wildman–Crippen MR) is 177 cm³/mol. The van der Waals surface area contributed by atoms with E-state index >= 15 is 0 Å². The highest BCUT2D eigenvalue weighted by molar-refractivity contribution is 5.95. The first-order valence-electron chi connectivity index (χ1n) is 14.5. The normalized spacial score (nSPS) is 11.9. The number of nitro groups is 1. The van der Waals surface area contributed by atoms with Gasteiger partial charge in [-0.2, -0.15) is 4.98 Å². The third kappa shape index (κ3) is 7.79. The van der Waals surface area contributed by atoms with Crippen molar-refractivity contribution in [2.75, 3.05) is 56.9 Å². The molecule has 0 saturated heterocycles. The molecule has 0 spiro atoms. The third-order valence-electron chi connectivity index (χ3n) is 6.93. The lowest BCUT2D eigenvalue weighted by molar-refractivity contribution is -0.384. The van der Waals surface area contributed by atoms with Gasteiger partial charge in [-0.25, -0.2) is 14.8 Å². The Hall–Kier alpha value is -5.02. The highest BCUT2D eigenvalue weighted by Crippen LogP contribution is 2.40. The molecule has 0 atom stereocenters. The molecule has 0 aliphatic heterocycles. The van der Waals surface area contributed by atoms with Crippen LogP contribution in [0.3, 0.4) is 0 Å². The van der Waals surface area contributed by atoms with E-state index in [2.05, 4.69) is 25.6 Å². The van der Waals surface area contributed by atoms with Crippen LogP contribution < -0.4 is 20.3 Å². The number of carbonyl (C=O) groups excluding carboxylic acids is 1. The molecule has 0 unspecified atom stereocenters. The Morgan fingerprint density at radius 2 is 1.67 bits per heavy atom. The molecule has 0 amide bonds. The van der Waals surface area contributed by atoms with Crippen LogP contribution in [0.5, 0.6) is 5.75 Å². The minimum Gasteiger partial charge on any atom is -0.494 e. The highest BCUT2D eigenvalue weighted by atomic mass is 16.6. The Morgan fingerprint density at radius 1 is 1.02 bits per heavy atom. The van der Waals surface area contributed by atoms with Gasteiger partial charge in [0.2, 0.25) is 11.9 Å². The molecule has 246 valence electrons. The van der Waals surface area contributed by atoms with E-state index in [1.807, 2.05) is 19.0 Å². The number of likely N-dealkylation sites (N-methyl/N-ethyl adjacent to an activating group) is 2. The van der Waals surface area contributed by atoms with Crippen LogP contribution in [-0.2, 0) is 10.3 Å². The Bertz CT molecular complexity index is 1740. The lowest BCUT2D eigenvalue weighted by Gasteiger charge is -2.24. The number of rotatable bonds is 11. The second-order valence-corrected chi connectivity index (χ2v) is 12.6. The van der Waals surface area contributed by atoms with Crippen molar-refractivity contribution in [2.24, 2.45) is 0 Å². The number of methoxy groups -OCH3 is 1. The molecule has 0 fully saturated rings. The van der Waals surface area contributed by atoms with E-state index in [1.54, 1.807) is 77.0 Å². The van der Waals surface area contributed by atoms with Gasteiger partial charge in [0.15, 0.2) is 0 Å². The molecule has 0 bridgehead atoms. The molecular weight excluding hydrogens is 594 g/mol. The van der Waals surface area contributed by atoms with Crippen molar-refractivity contribution in [1.29, 1.82) is 0 Å². The maximum Gasteiger partial charge on any atom is 0.418 e. The Kier molecular flexibility index (Phi) is 9.68. The van der Waals surface area contributed by atoms with Gasteiger partial charge in [-0.1, -0.05) is 0 Å². The summed E-state index contributed by atoms with van der Waals surface area (Å²) in [5.74, 6) is 0.597. The van der Waals surface area contributed by atoms with Gasteiger partial charge in [0.25, 0.3) is 5.69 Å². The maximum absolute atomic E-state index is 12.8. The topological polar surface area (TPSA) is 173 Å². The molecule has 15 heteroatoms. The van der Waals surface area contributed by atoms with Gasteiger partial charge in [0.05, 0.1) is 28.8 Å². The highest BCUT2D eigenvalue weighted by Gasteiger charge is 2.27. The summed E-state index contributed by atoms with van der Waals surface area (Å²) in [5.41, 5.74) is 0.131. The quantitative estimate of drug-likeness (QED) is 0.144. The SMILES string of the molecule is COc1cc(N(C)CCN(C)C)c([N+](=O)[O-])cc1Nc1ncnc(Nc2ccc3c(ccn3C(=O)OC(C)(C)C)c2C(C)(C)O)n1. The number of fused-ring (bicyclic) bond motifs is 1. The third-order valence-corrected chi connectivity index (χ3v) is 6.93. The monoisotopic (exact) mass is 635 g/mol. The summed E-state index contributed by atoms with van der Waals surface area (Å²) in [6.45, 7) is 9.91. The summed E-state index contributed by atoms with van der Waals surface area (Å²) >= 11 is 0. The molecule has 4 aromatic rings. The van der Waals surface area contributed by atoms with Crippen LogP contribution in [0.2, 0.25) is 0 Å². The second kappa shape index (κ2) is 13.1. The average molecular weight is 636 g/mol. The standard InChI is InChI=1S/C31H41N9O6/c1-30(2,3)46-29(41)39-13-12-19-22(39)11-10-20(26(19)31(4,5)42)34-27-32-18-33-28(36-27)35-21-16-24(40(43)44)23(17-25(21)45-9)38(8)15-14-37(6)7/h10-13,16-18,42H,14-15H2,1-9H3,(H2,32,33,34,35,36). The summed E-state index contributed by atoms with van der Waals surface area (Å²) in [6.07, 6.45) is 2.34. The van der Waals surface area contributed by atoms with Crippen LogP contribution in [0, 0.1) is 10.1 Å². The smallest absolute Gasteiger partial charge is 0.418 e. The van der Waals surface area contributed by atoms with Gasteiger partial charge < -0.3 is 35.0 Å². The molecular formula is C31H41N9O6. The fourth-order valence-electron chi connectivity index (χ4n) is 4.85. The summed E-state index contributed by atoms with van der Waals surface area (Å²) in [6, 6.07) is 8.17. The molecule has 4 rings (SSSR count). The molecule has 0 aliphatic carbocycles. The van der Waals surface area contributed by atoms with Crippen molar-refractivity contribution in [3.8, 4) is 5.75 Å². The van der Waals surface area contributed by atoms with E-state index in [-0.39, 0.29) is 23.3 Å². The Morgan fingerprint density at radius 3 is 2.24 bits per heavy atom. The summed E-state index contributed by atoms with van der Waals surface area (Å²) < 4.78 is 12.5. The lowest BCUT2D eigenvalue weighted by atomic mass is 9.93. The second-order valence-electron chi connectivity index (χ2n) is 12.6. The molecule has 2 heterocycles. The van der Waals surface area contributed by atoms with Crippen molar-refractivity contribution in [2.45, 2.75) is 45.8 Å². The van der Waals surface area contributed by atoms with E-state index in [4.69, 9.17) is 9.47 Å². The number of benzene rings is 2. The number of aliphatic hydroxyl groups is 1. The zero-order valence-electron chi connectivity index (χ0n) is 27.6. The number of hydrogen-bond donors (Lipinski definition) is 3. The van der Waals surface area contributed by atoms with Crippen LogP contribution in [0.4, 0.5) is 39.4 Å². The van der Waals surface area contributed by atoms with E-state index in [9.17, 15) is 20.0 Å². The van der Waals surface area contributed by atoms with Gasteiger partial charge in [-0.3, -0.25) is 14.7 Å². The molecule has 2 aromatic carbocycles.